The Balaban J connectivity index is 1.76. The highest BCUT2D eigenvalue weighted by Gasteiger charge is 2.34. The molecule has 3 heterocycles. The van der Waals surface area contributed by atoms with Crippen molar-refractivity contribution in [2.45, 2.75) is 39.3 Å². The molecule has 25 heavy (non-hydrogen) atoms. The number of fused-ring (bicyclic) bond motifs is 1. The number of carbonyl (C=O) groups excluding carboxylic acids is 1. The third kappa shape index (κ3) is 3.59. The van der Waals surface area contributed by atoms with Gasteiger partial charge in [0.15, 0.2) is 0 Å². The first-order valence-electron chi connectivity index (χ1n) is 8.13. The largest absolute Gasteiger partial charge is 0.444 e. The minimum atomic E-state index is -0.489. The fourth-order valence-electron chi connectivity index (χ4n) is 2.85. The molecule has 0 aromatic carbocycles. The van der Waals surface area contributed by atoms with Gasteiger partial charge in [0.25, 0.3) is 0 Å². The Morgan fingerprint density at radius 1 is 1.40 bits per heavy atom. The summed E-state index contributed by atoms with van der Waals surface area (Å²) in [5.74, 6) is 0.883. The van der Waals surface area contributed by atoms with Crippen molar-refractivity contribution in [3.05, 3.63) is 33.9 Å². The van der Waals surface area contributed by atoms with Crippen LogP contribution in [0.3, 0.4) is 0 Å². The maximum Gasteiger partial charge on any atom is 0.410 e. The zero-order valence-electron chi connectivity index (χ0n) is 14.8. The lowest BCUT2D eigenvalue weighted by Gasteiger charge is -2.40. The van der Waals surface area contributed by atoms with Crippen LogP contribution in [0.1, 0.15) is 31.9 Å². The van der Waals surface area contributed by atoms with Crippen LogP contribution in [0, 0.1) is 18.3 Å². The molecule has 0 radical (unpaired) electrons. The van der Waals surface area contributed by atoms with Crippen LogP contribution >= 0.6 is 15.9 Å². The molecule has 132 valence electrons. The summed E-state index contributed by atoms with van der Waals surface area (Å²) in [6, 6.07) is 6.22. The van der Waals surface area contributed by atoms with Crippen LogP contribution in [0.4, 0.5) is 10.6 Å². The minimum Gasteiger partial charge on any atom is -0.444 e. The third-order valence-electron chi connectivity index (χ3n) is 4.10. The van der Waals surface area contributed by atoms with Gasteiger partial charge in [0, 0.05) is 34.8 Å². The Morgan fingerprint density at radius 2 is 2.08 bits per heavy atom. The number of hydrogen-bond donors (Lipinski definition) is 1. The third-order valence-corrected chi connectivity index (χ3v) is 4.54. The lowest BCUT2D eigenvalue weighted by molar-refractivity contribution is 0.0104. The highest BCUT2D eigenvalue weighted by Crippen LogP contribution is 2.28. The summed E-state index contributed by atoms with van der Waals surface area (Å²) in [4.78, 5) is 13.7. The first-order valence-corrected chi connectivity index (χ1v) is 8.93. The van der Waals surface area contributed by atoms with Crippen LogP contribution in [0.2, 0.25) is 0 Å². The highest BCUT2D eigenvalue weighted by molar-refractivity contribution is 9.10. The molecule has 2 aromatic heterocycles. The standard InChI is InChI=1S/C18H21BrN4O2/c1-11-12(7-20)5-15-6-13(19)8-23(15)16(11)21-14-9-22(10-14)17(24)25-18(2,3)4/h5-6,8,14,21H,9-10H2,1-4H3. The molecule has 0 bridgehead atoms. The Bertz CT molecular complexity index is 870. The van der Waals surface area contributed by atoms with Gasteiger partial charge >= 0.3 is 6.09 Å². The smallest absolute Gasteiger partial charge is 0.410 e. The molecule has 0 saturated carbocycles. The molecule has 0 aliphatic carbocycles. The summed E-state index contributed by atoms with van der Waals surface area (Å²) >= 11 is 3.48. The van der Waals surface area contributed by atoms with Crippen molar-refractivity contribution in [3.63, 3.8) is 0 Å². The summed E-state index contributed by atoms with van der Waals surface area (Å²) in [7, 11) is 0. The lowest BCUT2D eigenvalue weighted by atomic mass is 10.1. The SMILES string of the molecule is Cc1c(C#N)cc2cc(Br)cn2c1NC1CN(C(=O)OC(C)(C)C)C1. The number of nitriles is 1. The summed E-state index contributed by atoms with van der Waals surface area (Å²) < 4.78 is 8.36. The average Bonchev–Trinajstić information content (AvgIpc) is 2.81. The quantitative estimate of drug-likeness (QED) is 0.823. The van der Waals surface area contributed by atoms with Gasteiger partial charge in [-0.05, 0) is 55.8 Å². The number of hydrogen-bond acceptors (Lipinski definition) is 4. The molecule has 1 amide bonds. The number of aromatic nitrogens is 1. The monoisotopic (exact) mass is 404 g/mol. The zero-order chi connectivity index (χ0) is 18.4. The summed E-state index contributed by atoms with van der Waals surface area (Å²) in [5, 5.41) is 12.8. The molecule has 1 aliphatic rings. The molecule has 3 rings (SSSR count). The minimum absolute atomic E-state index is 0.129. The number of likely N-dealkylation sites (tertiary alicyclic amines) is 1. The Kier molecular flexibility index (Phi) is 4.41. The van der Waals surface area contributed by atoms with Crippen molar-refractivity contribution < 1.29 is 9.53 Å². The number of carbonyl (C=O) groups is 1. The first-order chi connectivity index (χ1) is 11.7. The Labute approximate surface area is 155 Å². The predicted octanol–water partition coefficient (Wildman–Crippen LogP) is 3.91. The van der Waals surface area contributed by atoms with Gasteiger partial charge in [0.2, 0.25) is 0 Å². The maximum atomic E-state index is 12.0. The van der Waals surface area contributed by atoms with E-state index in [9.17, 15) is 10.1 Å². The van der Waals surface area contributed by atoms with Gasteiger partial charge < -0.3 is 19.4 Å². The lowest BCUT2D eigenvalue weighted by Crippen LogP contribution is -2.58. The van der Waals surface area contributed by atoms with E-state index in [1.807, 2.05) is 50.4 Å². The molecule has 1 fully saturated rings. The molecular weight excluding hydrogens is 384 g/mol. The van der Waals surface area contributed by atoms with E-state index in [0.29, 0.717) is 18.7 Å². The Morgan fingerprint density at radius 3 is 2.68 bits per heavy atom. The molecule has 1 saturated heterocycles. The number of nitrogens with one attached hydrogen (secondary N) is 1. The normalized spacial score (nSPS) is 15.0. The molecule has 1 aliphatic heterocycles. The van der Waals surface area contributed by atoms with Gasteiger partial charge in [-0.15, -0.1) is 0 Å². The summed E-state index contributed by atoms with van der Waals surface area (Å²) in [5.41, 5.74) is 1.99. The van der Waals surface area contributed by atoms with E-state index in [-0.39, 0.29) is 12.1 Å². The topological polar surface area (TPSA) is 69.8 Å². The summed E-state index contributed by atoms with van der Waals surface area (Å²) in [6.45, 7) is 8.66. The predicted molar refractivity (Wildman–Crippen MR) is 99.8 cm³/mol. The molecular formula is C18H21BrN4O2. The van der Waals surface area contributed by atoms with E-state index in [0.717, 1.165) is 21.4 Å². The molecule has 2 aromatic rings. The van der Waals surface area contributed by atoms with Crippen LogP contribution in [0.15, 0.2) is 22.8 Å². The van der Waals surface area contributed by atoms with Crippen LogP contribution < -0.4 is 5.32 Å². The van der Waals surface area contributed by atoms with Crippen LogP contribution in [-0.4, -0.2) is 40.1 Å². The summed E-state index contributed by atoms with van der Waals surface area (Å²) in [6.07, 6.45) is 1.68. The number of ether oxygens (including phenoxy) is 1. The molecule has 0 spiro atoms. The highest BCUT2D eigenvalue weighted by atomic mass is 79.9. The molecule has 0 atom stereocenters. The average molecular weight is 405 g/mol. The fraction of sp³-hybridized carbons (Fsp3) is 0.444. The zero-order valence-corrected chi connectivity index (χ0v) is 16.3. The van der Waals surface area contributed by atoms with Gasteiger partial charge in [0.1, 0.15) is 11.4 Å². The number of anilines is 1. The first kappa shape index (κ1) is 17.6. The van der Waals surface area contributed by atoms with E-state index in [2.05, 4.69) is 27.3 Å². The van der Waals surface area contributed by atoms with Gasteiger partial charge in [-0.2, -0.15) is 5.26 Å². The molecule has 7 heteroatoms. The molecule has 1 N–H and O–H groups in total. The van der Waals surface area contributed by atoms with Crippen LogP contribution in [-0.2, 0) is 4.74 Å². The van der Waals surface area contributed by atoms with Crippen molar-refractivity contribution in [2.75, 3.05) is 18.4 Å². The maximum absolute atomic E-state index is 12.0. The van der Waals surface area contributed by atoms with E-state index < -0.39 is 5.60 Å². The number of rotatable bonds is 2. The van der Waals surface area contributed by atoms with Gasteiger partial charge in [-0.3, -0.25) is 0 Å². The number of amides is 1. The van der Waals surface area contributed by atoms with Crippen LogP contribution in [0.25, 0.3) is 5.52 Å². The van der Waals surface area contributed by atoms with Crippen molar-refractivity contribution in [1.82, 2.24) is 9.30 Å². The van der Waals surface area contributed by atoms with E-state index in [1.165, 1.54) is 0 Å². The Hall–Kier alpha value is -2.20. The molecule has 0 unspecified atom stereocenters. The number of pyridine rings is 1. The number of nitrogens with zero attached hydrogens (tertiary/aromatic N) is 3. The van der Waals surface area contributed by atoms with Crippen molar-refractivity contribution >= 4 is 33.4 Å². The van der Waals surface area contributed by atoms with Crippen molar-refractivity contribution in [2.24, 2.45) is 0 Å². The van der Waals surface area contributed by atoms with Gasteiger partial charge in [-0.1, -0.05) is 0 Å². The van der Waals surface area contributed by atoms with Gasteiger partial charge in [0.05, 0.1) is 17.7 Å². The van der Waals surface area contributed by atoms with E-state index in [4.69, 9.17) is 4.74 Å². The van der Waals surface area contributed by atoms with Crippen molar-refractivity contribution in [1.29, 1.82) is 5.26 Å². The molecule has 6 nitrogen and oxygen atoms in total. The van der Waals surface area contributed by atoms with E-state index in [1.54, 1.807) is 4.90 Å². The van der Waals surface area contributed by atoms with E-state index >= 15 is 0 Å². The number of halogens is 1. The second-order valence-corrected chi connectivity index (χ2v) is 8.24. The van der Waals surface area contributed by atoms with Crippen molar-refractivity contribution in [3.8, 4) is 6.07 Å². The van der Waals surface area contributed by atoms with Crippen LogP contribution in [0.5, 0.6) is 0 Å². The second kappa shape index (κ2) is 6.26. The van der Waals surface area contributed by atoms with Gasteiger partial charge in [-0.25, -0.2) is 4.79 Å². The fourth-order valence-corrected chi connectivity index (χ4v) is 3.29. The second-order valence-electron chi connectivity index (χ2n) is 7.32.